The number of rotatable bonds is 2. The fourth-order valence-electron chi connectivity index (χ4n) is 5.94. The van der Waals surface area contributed by atoms with Gasteiger partial charge in [0.1, 0.15) is 0 Å². The Morgan fingerprint density at radius 1 is 0.371 bits per heavy atom. The summed E-state index contributed by atoms with van der Waals surface area (Å²) in [6.45, 7) is 0. The van der Waals surface area contributed by atoms with Crippen LogP contribution in [0.1, 0.15) is 0 Å². The van der Waals surface area contributed by atoms with Crippen molar-refractivity contribution in [2.24, 2.45) is 0 Å². The van der Waals surface area contributed by atoms with Crippen molar-refractivity contribution in [3.8, 4) is 22.3 Å². The first-order valence-electron chi connectivity index (χ1n) is 12.1. The summed E-state index contributed by atoms with van der Waals surface area (Å²) in [5.74, 6) is 0. The maximum absolute atomic E-state index is 2.46. The smallest absolute Gasteiger partial charge is 0.0620 e. The van der Waals surface area contributed by atoms with E-state index >= 15 is 0 Å². The molecule has 0 atom stereocenters. The van der Waals surface area contributed by atoms with Crippen LogP contribution < -0.4 is 0 Å². The summed E-state index contributed by atoms with van der Waals surface area (Å²) in [4.78, 5) is 0. The maximum Gasteiger partial charge on any atom is 0.0620 e. The fourth-order valence-corrected chi connectivity index (χ4v) is 5.94. The van der Waals surface area contributed by atoms with Crippen LogP contribution in [-0.2, 0) is 0 Å². The molecule has 2 aromatic heterocycles. The van der Waals surface area contributed by atoms with Gasteiger partial charge in [0, 0.05) is 21.5 Å². The lowest BCUT2D eigenvalue weighted by Crippen LogP contribution is -1.84. The minimum Gasteiger partial charge on any atom is -0.308 e. The number of fused-ring (bicyclic) bond motifs is 8. The minimum atomic E-state index is 1.24. The van der Waals surface area contributed by atoms with E-state index in [4.69, 9.17) is 0 Å². The predicted octanol–water partition coefficient (Wildman–Crippen LogP) is 9.32. The number of nitrogens with zero attached hydrogens (tertiary/aromatic N) is 1. The fraction of sp³-hybridized carbons (Fsp3) is 0. The van der Waals surface area contributed by atoms with Crippen LogP contribution in [0.15, 0.2) is 127 Å². The third-order valence-corrected chi connectivity index (χ3v) is 7.51. The Kier molecular flexibility index (Phi) is 3.72. The first-order chi connectivity index (χ1) is 17.4. The molecule has 0 N–H and O–H groups in total. The summed E-state index contributed by atoms with van der Waals surface area (Å²) in [7, 11) is 0. The van der Waals surface area contributed by atoms with E-state index in [1.54, 1.807) is 0 Å². The largest absolute Gasteiger partial charge is 0.308 e. The molecule has 2 heterocycles. The van der Waals surface area contributed by atoms with Crippen LogP contribution >= 0.6 is 0 Å². The summed E-state index contributed by atoms with van der Waals surface area (Å²) in [6, 6.07) is 46.4. The Morgan fingerprint density at radius 2 is 1.03 bits per heavy atom. The van der Waals surface area contributed by atoms with Gasteiger partial charge in [0.05, 0.1) is 16.6 Å². The van der Waals surface area contributed by atoms with Crippen molar-refractivity contribution >= 4 is 48.9 Å². The zero-order valence-electron chi connectivity index (χ0n) is 19.1. The third-order valence-electron chi connectivity index (χ3n) is 7.51. The van der Waals surface area contributed by atoms with Gasteiger partial charge in [0.2, 0.25) is 0 Å². The lowest BCUT2D eigenvalue weighted by Gasteiger charge is -2.07. The number of hydrogen-bond donors (Lipinski definition) is 0. The van der Waals surface area contributed by atoms with Crippen LogP contribution in [0.4, 0.5) is 0 Å². The molecule has 0 bridgehead atoms. The molecule has 0 unspecified atom stereocenters. The maximum atomic E-state index is 2.46. The van der Waals surface area contributed by atoms with E-state index in [2.05, 4.69) is 132 Å². The second kappa shape index (κ2) is 6.94. The van der Waals surface area contributed by atoms with E-state index in [0.717, 1.165) is 0 Å². The summed E-state index contributed by atoms with van der Waals surface area (Å²) in [5, 5.41) is 7.92. The zero-order valence-corrected chi connectivity index (χ0v) is 19.1. The lowest BCUT2D eigenvalue weighted by atomic mass is 9.97. The van der Waals surface area contributed by atoms with Gasteiger partial charge in [-0.3, -0.25) is 0 Å². The highest BCUT2D eigenvalue weighted by Crippen LogP contribution is 2.42. The van der Waals surface area contributed by atoms with Gasteiger partial charge < -0.3 is 4.40 Å². The Bertz CT molecular complexity index is 2040. The van der Waals surface area contributed by atoms with Crippen LogP contribution in [0.3, 0.4) is 0 Å². The third kappa shape index (κ3) is 2.58. The molecular formula is C34H21N. The van der Waals surface area contributed by atoms with Crippen LogP contribution in [-0.4, -0.2) is 4.40 Å². The molecule has 8 aromatic rings. The Morgan fingerprint density at radius 3 is 1.94 bits per heavy atom. The van der Waals surface area contributed by atoms with E-state index in [9.17, 15) is 0 Å². The highest BCUT2D eigenvalue weighted by molar-refractivity contribution is 6.28. The molecule has 0 aliphatic carbocycles. The molecule has 0 fully saturated rings. The number of benzene rings is 6. The number of para-hydroxylation sites is 1. The van der Waals surface area contributed by atoms with Gasteiger partial charge in [-0.1, -0.05) is 103 Å². The van der Waals surface area contributed by atoms with Crippen molar-refractivity contribution < 1.29 is 0 Å². The summed E-state index contributed by atoms with van der Waals surface area (Å²) < 4.78 is 2.46. The first-order valence-corrected chi connectivity index (χ1v) is 12.1. The molecule has 0 saturated heterocycles. The highest BCUT2D eigenvalue weighted by Gasteiger charge is 2.18. The van der Waals surface area contributed by atoms with Crippen molar-refractivity contribution in [2.75, 3.05) is 0 Å². The normalized spacial score (nSPS) is 12.0. The molecule has 0 radical (unpaired) electrons. The SMILES string of the molecule is c1ccc(-c2cccc(-c3ccc4c(c3)c3cccc5c6c7ccccc7ccc6n4c35)c2)cc1. The highest BCUT2D eigenvalue weighted by atomic mass is 14.9. The second-order valence-corrected chi connectivity index (χ2v) is 9.40. The van der Waals surface area contributed by atoms with E-state index in [0.29, 0.717) is 0 Å². The quantitative estimate of drug-likeness (QED) is 0.251. The summed E-state index contributed by atoms with van der Waals surface area (Å²) in [6.07, 6.45) is 0. The number of hydrogen-bond acceptors (Lipinski definition) is 0. The van der Waals surface area contributed by atoms with Gasteiger partial charge in [-0.25, -0.2) is 0 Å². The van der Waals surface area contributed by atoms with Crippen LogP contribution in [0.2, 0.25) is 0 Å². The van der Waals surface area contributed by atoms with Crippen molar-refractivity contribution in [1.82, 2.24) is 4.40 Å². The molecule has 0 spiro atoms. The van der Waals surface area contributed by atoms with E-state index in [1.165, 1.54) is 71.1 Å². The molecule has 0 aliphatic rings. The second-order valence-electron chi connectivity index (χ2n) is 9.40. The van der Waals surface area contributed by atoms with Crippen LogP contribution in [0.5, 0.6) is 0 Å². The van der Waals surface area contributed by atoms with Gasteiger partial charge in [-0.15, -0.1) is 0 Å². The lowest BCUT2D eigenvalue weighted by molar-refractivity contribution is 1.37. The minimum absolute atomic E-state index is 1.24. The van der Waals surface area contributed by atoms with Gasteiger partial charge in [0.15, 0.2) is 0 Å². The average Bonchev–Trinajstić information content (AvgIpc) is 3.45. The van der Waals surface area contributed by atoms with Gasteiger partial charge in [-0.05, 0) is 57.3 Å². The summed E-state index contributed by atoms with van der Waals surface area (Å²) in [5.41, 5.74) is 8.86. The Hall–Kier alpha value is -4.62. The van der Waals surface area contributed by atoms with Crippen molar-refractivity contribution in [2.45, 2.75) is 0 Å². The molecule has 8 rings (SSSR count). The van der Waals surface area contributed by atoms with Crippen molar-refractivity contribution in [3.63, 3.8) is 0 Å². The predicted molar refractivity (Wildman–Crippen MR) is 149 cm³/mol. The van der Waals surface area contributed by atoms with Crippen LogP contribution in [0.25, 0.3) is 71.1 Å². The zero-order chi connectivity index (χ0) is 22.9. The Labute approximate surface area is 202 Å². The molecule has 0 aliphatic heterocycles. The van der Waals surface area contributed by atoms with Crippen molar-refractivity contribution in [1.29, 1.82) is 0 Å². The molecule has 0 amide bonds. The van der Waals surface area contributed by atoms with Gasteiger partial charge in [0.25, 0.3) is 0 Å². The number of aromatic nitrogens is 1. The monoisotopic (exact) mass is 443 g/mol. The van der Waals surface area contributed by atoms with Crippen molar-refractivity contribution in [3.05, 3.63) is 127 Å². The van der Waals surface area contributed by atoms with E-state index < -0.39 is 0 Å². The topological polar surface area (TPSA) is 4.41 Å². The molecule has 0 saturated carbocycles. The first kappa shape index (κ1) is 18.8. The molecule has 6 aromatic carbocycles. The average molecular weight is 444 g/mol. The van der Waals surface area contributed by atoms with E-state index in [-0.39, 0.29) is 0 Å². The van der Waals surface area contributed by atoms with Gasteiger partial charge >= 0.3 is 0 Å². The molecule has 35 heavy (non-hydrogen) atoms. The van der Waals surface area contributed by atoms with Gasteiger partial charge in [-0.2, -0.15) is 0 Å². The summed E-state index contributed by atoms with van der Waals surface area (Å²) >= 11 is 0. The van der Waals surface area contributed by atoms with Crippen LogP contribution in [0, 0.1) is 0 Å². The molecule has 1 nitrogen and oxygen atoms in total. The Balaban J connectivity index is 1.41. The van der Waals surface area contributed by atoms with E-state index in [1.807, 2.05) is 0 Å². The molecule has 1 heteroatoms. The molecular weight excluding hydrogens is 422 g/mol. The molecule has 162 valence electrons. The standard InChI is InChI=1S/C34H21N/c1-2-8-22(9-3-1)24-11-6-12-25(20-24)26-17-18-31-30(21-26)28-14-7-15-29-33-27-13-5-4-10-23(27)16-19-32(33)35(31)34(28)29/h1-21H.